The first-order valence-electron chi connectivity index (χ1n) is 5.87. The van der Waals surface area contributed by atoms with Crippen molar-refractivity contribution in [3.05, 3.63) is 58.1 Å². The zero-order valence-electron chi connectivity index (χ0n) is 10.5. The van der Waals surface area contributed by atoms with Gasteiger partial charge in [-0.05, 0) is 47.7 Å². The largest absolute Gasteiger partial charge is 0.446 e. The summed E-state index contributed by atoms with van der Waals surface area (Å²) >= 11 is 11.6. The molecule has 1 nitrogen and oxygen atoms in total. The summed E-state index contributed by atoms with van der Waals surface area (Å²) in [6, 6.07) is 11.3. The van der Waals surface area contributed by atoms with E-state index in [-0.39, 0.29) is 16.7 Å². The number of anilines is 1. The fourth-order valence-corrected chi connectivity index (χ4v) is 2.95. The average Bonchev–Trinajstić information content (AvgIpc) is 2.35. The Labute approximate surface area is 134 Å². The normalized spacial score (nSPS) is 11.5. The number of hydrogen-bond acceptors (Lipinski definition) is 2. The lowest BCUT2D eigenvalue weighted by Gasteiger charge is -2.13. The molecule has 0 heterocycles. The second kappa shape index (κ2) is 6.81. The molecule has 0 bridgehead atoms. The van der Waals surface area contributed by atoms with Gasteiger partial charge in [-0.1, -0.05) is 35.3 Å². The van der Waals surface area contributed by atoms with E-state index in [9.17, 15) is 13.2 Å². The van der Waals surface area contributed by atoms with Crippen LogP contribution in [0.5, 0.6) is 0 Å². The number of benzene rings is 2. The molecule has 112 valence electrons. The molecular weight excluding hydrogens is 342 g/mol. The number of nitrogens with one attached hydrogen (secondary N) is 1. The van der Waals surface area contributed by atoms with E-state index in [2.05, 4.69) is 5.32 Å². The summed E-state index contributed by atoms with van der Waals surface area (Å²) < 4.78 is 37.5. The minimum absolute atomic E-state index is 0.123. The summed E-state index contributed by atoms with van der Waals surface area (Å²) in [5, 5.41) is 3.94. The minimum Gasteiger partial charge on any atom is -0.380 e. The highest BCUT2D eigenvalue weighted by Gasteiger charge is 2.30. The van der Waals surface area contributed by atoms with Gasteiger partial charge in [-0.3, -0.25) is 0 Å². The van der Waals surface area contributed by atoms with Crippen LogP contribution in [0.3, 0.4) is 0 Å². The second-order valence-corrected chi connectivity index (χ2v) is 6.15. The molecule has 0 spiro atoms. The second-order valence-electron chi connectivity index (χ2n) is 4.18. The molecule has 0 aliphatic heterocycles. The van der Waals surface area contributed by atoms with Crippen LogP contribution in [-0.4, -0.2) is 5.51 Å². The lowest BCUT2D eigenvalue weighted by atomic mass is 10.2. The van der Waals surface area contributed by atoms with Gasteiger partial charge in [-0.15, -0.1) is 0 Å². The molecule has 0 saturated carbocycles. The Bertz CT molecular complexity index is 612. The van der Waals surface area contributed by atoms with Gasteiger partial charge in [-0.2, -0.15) is 13.2 Å². The quantitative estimate of drug-likeness (QED) is 0.656. The Morgan fingerprint density at radius 2 is 1.62 bits per heavy atom. The molecule has 1 N–H and O–H groups in total. The SMILES string of the molecule is FC(F)(F)Sc1ccccc1NCc1cc(Cl)cc(Cl)c1. The minimum atomic E-state index is -4.32. The first-order chi connectivity index (χ1) is 9.83. The molecule has 2 aromatic rings. The van der Waals surface area contributed by atoms with Crippen LogP contribution in [0.25, 0.3) is 0 Å². The van der Waals surface area contributed by atoms with Gasteiger partial charge in [0, 0.05) is 27.2 Å². The van der Waals surface area contributed by atoms with E-state index in [1.165, 1.54) is 6.07 Å². The van der Waals surface area contributed by atoms with E-state index in [4.69, 9.17) is 23.2 Å². The van der Waals surface area contributed by atoms with Crippen molar-refractivity contribution in [3.8, 4) is 0 Å². The maximum absolute atomic E-state index is 12.5. The number of para-hydroxylation sites is 1. The highest BCUT2D eigenvalue weighted by Crippen LogP contribution is 2.40. The third kappa shape index (κ3) is 5.34. The van der Waals surface area contributed by atoms with Crippen molar-refractivity contribution in [2.24, 2.45) is 0 Å². The summed E-state index contributed by atoms with van der Waals surface area (Å²) in [5.41, 5.74) is -3.12. The van der Waals surface area contributed by atoms with Crippen molar-refractivity contribution in [1.29, 1.82) is 0 Å². The predicted octanol–water partition coefficient (Wildman–Crippen LogP) is 6.22. The molecule has 0 atom stereocenters. The average molecular weight is 352 g/mol. The molecule has 0 fully saturated rings. The molecule has 7 heteroatoms. The highest BCUT2D eigenvalue weighted by atomic mass is 35.5. The monoisotopic (exact) mass is 351 g/mol. The van der Waals surface area contributed by atoms with Crippen LogP contribution in [0.2, 0.25) is 10.0 Å². The van der Waals surface area contributed by atoms with E-state index in [1.807, 2.05) is 0 Å². The number of hydrogen-bond donors (Lipinski definition) is 1. The smallest absolute Gasteiger partial charge is 0.380 e. The molecule has 2 rings (SSSR count). The van der Waals surface area contributed by atoms with Gasteiger partial charge >= 0.3 is 5.51 Å². The van der Waals surface area contributed by atoms with Gasteiger partial charge in [0.2, 0.25) is 0 Å². The summed E-state index contributed by atoms with van der Waals surface area (Å²) in [4.78, 5) is 0.123. The van der Waals surface area contributed by atoms with Crippen LogP contribution in [0.4, 0.5) is 18.9 Å². The standard InChI is InChI=1S/C14H10Cl2F3NS/c15-10-5-9(6-11(16)7-10)8-20-12-3-1-2-4-13(12)21-14(17,18)19/h1-7,20H,8H2. The van der Waals surface area contributed by atoms with Crippen molar-refractivity contribution in [2.45, 2.75) is 16.9 Å². The maximum Gasteiger partial charge on any atom is 0.446 e. The van der Waals surface area contributed by atoms with E-state index >= 15 is 0 Å². The van der Waals surface area contributed by atoms with Crippen LogP contribution >= 0.6 is 35.0 Å². The van der Waals surface area contributed by atoms with Crippen LogP contribution in [0, 0.1) is 0 Å². The zero-order chi connectivity index (χ0) is 15.5. The Morgan fingerprint density at radius 1 is 1.00 bits per heavy atom. The van der Waals surface area contributed by atoms with Crippen LogP contribution < -0.4 is 5.32 Å². The van der Waals surface area contributed by atoms with E-state index in [0.29, 0.717) is 22.3 Å². The third-order valence-electron chi connectivity index (χ3n) is 2.52. The fraction of sp³-hybridized carbons (Fsp3) is 0.143. The van der Waals surface area contributed by atoms with E-state index in [0.717, 1.165) is 5.56 Å². The summed E-state index contributed by atoms with van der Waals surface area (Å²) in [5.74, 6) is 0. The zero-order valence-corrected chi connectivity index (χ0v) is 12.9. The first-order valence-corrected chi connectivity index (χ1v) is 7.44. The van der Waals surface area contributed by atoms with Crippen LogP contribution in [0.15, 0.2) is 47.4 Å². The van der Waals surface area contributed by atoms with Gasteiger partial charge in [0.1, 0.15) is 0 Å². The lowest BCUT2D eigenvalue weighted by Crippen LogP contribution is -2.04. The molecule has 0 radical (unpaired) electrons. The van der Waals surface area contributed by atoms with E-state index in [1.54, 1.807) is 36.4 Å². The van der Waals surface area contributed by atoms with E-state index < -0.39 is 5.51 Å². The lowest BCUT2D eigenvalue weighted by molar-refractivity contribution is -0.0327. The Kier molecular flexibility index (Phi) is 5.30. The fourth-order valence-electron chi connectivity index (χ4n) is 1.74. The number of halogens is 5. The Morgan fingerprint density at radius 3 is 2.24 bits per heavy atom. The van der Waals surface area contributed by atoms with Crippen molar-refractivity contribution in [1.82, 2.24) is 0 Å². The van der Waals surface area contributed by atoms with Crippen molar-refractivity contribution >= 4 is 40.7 Å². The molecule has 21 heavy (non-hydrogen) atoms. The Balaban J connectivity index is 2.13. The molecular formula is C14H10Cl2F3NS. The topological polar surface area (TPSA) is 12.0 Å². The van der Waals surface area contributed by atoms with Crippen LogP contribution in [0.1, 0.15) is 5.56 Å². The molecule has 0 aromatic heterocycles. The van der Waals surface area contributed by atoms with Crippen LogP contribution in [-0.2, 0) is 6.54 Å². The van der Waals surface area contributed by atoms with Crippen molar-refractivity contribution in [2.75, 3.05) is 5.32 Å². The van der Waals surface area contributed by atoms with Gasteiger partial charge in [0.25, 0.3) is 0 Å². The molecule has 0 amide bonds. The first kappa shape index (κ1) is 16.3. The molecule has 0 aliphatic carbocycles. The molecule has 0 aliphatic rings. The summed E-state index contributed by atoms with van der Waals surface area (Å²) in [7, 11) is 0. The maximum atomic E-state index is 12.5. The molecule has 2 aromatic carbocycles. The third-order valence-corrected chi connectivity index (χ3v) is 3.76. The van der Waals surface area contributed by atoms with Gasteiger partial charge < -0.3 is 5.32 Å². The van der Waals surface area contributed by atoms with Gasteiger partial charge in [-0.25, -0.2) is 0 Å². The van der Waals surface area contributed by atoms with Gasteiger partial charge in [0.05, 0.1) is 0 Å². The predicted molar refractivity (Wildman–Crippen MR) is 82.1 cm³/mol. The number of alkyl halides is 3. The van der Waals surface area contributed by atoms with Crippen molar-refractivity contribution in [3.63, 3.8) is 0 Å². The number of thioether (sulfide) groups is 1. The summed E-state index contributed by atoms with van der Waals surface area (Å²) in [6.07, 6.45) is 0. The van der Waals surface area contributed by atoms with Gasteiger partial charge in [0.15, 0.2) is 0 Å². The summed E-state index contributed by atoms with van der Waals surface area (Å²) in [6.45, 7) is 0.329. The number of rotatable bonds is 4. The van der Waals surface area contributed by atoms with Crippen molar-refractivity contribution < 1.29 is 13.2 Å². The molecule has 0 saturated heterocycles. The molecule has 0 unspecified atom stereocenters. The highest BCUT2D eigenvalue weighted by molar-refractivity contribution is 8.00. The Hall–Kier alpha value is -1.04.